The van der Waals surface area contributed by atoms with Gasteiger partial charge in [-0.15, -0.1) is 0 Å². The van der Waals surface area contributed by atoms with Gasteiger partial charge in [0.25, 0.3) is 0 Å². The van der Waals surface area contributed by atoms with E-state index in [1.807, 2.05) is 34.6 Å². The Hall–Kier alpha value is -1.26. The van der Waals surface area contributed by atoms with Crippen molar-refractivity contribution in [3.05, 3.63) is 0 Å². The number of hydrogen-bond acceptors (Lipinski definition) is 2. The molecule has 0 aliphatic heterocycles. The smallest absolute Gasteiger partial charge is 0.326 e. The Kier molecular flexibility index (Phi) is 7.49. The van der Waals surface area contributed by atoms with Gasteiger partial charge in [-0.05, 0) is 31.6 Å². The molecular formula is C14H28N2O3. The van der Waals surface area contributed by atoms with E-state index in [9.17, 15) is 9.59 Å². The molecule has 0 aliphatic carbocycles. The zero-order valence-corrected chi connectivity index (χ0v) is 12.7. The van der Waals surface area contributed by atoms with E-state index < -0.39 is 18.0 Å². The maximum absolute atomic E-state index is 11.9. The predicted molar refractivity (Wildman–Crippen MR) is 76.2 cm³/mol. The summed E-state index contributed by atoms with van der Waals surface area (Å²) in [5.74, 6) is -0.770. The number of rotatable bonds is 8. The van der Waals surface area contributed by atoms with Crippen molar-refractivity contribution < 1.29 is 14.7 Å². The number of carboxylic acids is 1. The number of amides is 2. The molecule has 1 atom stereocenters. The molecule has 0 unspecified atom stereocenters. The minimum Gasteiger partial charge on any atom is -0.480 e. The molecule has 3 N–H and O–H groups in total. The summed E-state index contributed by atoms with van der Waals surface area (Å²) >= 11 is 0. The van der Waals surface area contributed by atoms with Gasteiger partial charge in [0.1, 0.15) is 6.04 Å². The fraction of sp³-hybridized carbons (Fsp3) is 0.857. The van der Waals surface area contributed by atoms with Crippen molar-refractivity contribution in [2.75, 3.05) is 0 Å². The highest BCUT2D eigenvalue weighted by Crippen LogP contribution is 2.19. The Morgan fingerprint density at radius 2 is 1.58 bits per heavy atom. The molecule has 0 aromatic carbocycles. The van der Waals surface area contributed by atoms with Crippen LogP contribution in [0.5, 0.6) is 0 Å². The van der Waals surface area contributed by atoms with Crippen LogP contribution in [0.2, 0.25) is 0 Å². The first-order valence-electron chi connectivity index (χ1n) is 7.11. The normalized spacial score (nSPS) is 13.2. The highest BCUT2D eigenvalue weighted by molar-refractivity contribution is 5.82. The van der Waals surface area contributed by atoms with Crippen LogP contribution in [-0.4, -0.2) is 28.7 Å². The van der Waals surface area contributed by atoms with Gasteiger partial charge in [0, 0.05) is 5.54 Å². The van der Waals surface area contributed by atoms with Crippen LogP contribution in [0.25, 0.3) is 0 Å². The van der Waals surface area contributed by atoms with Crippen LogP contribution in [0.3, 0.4) is 0 Å². The number of carbonyl (C=O) groups excluding carboxylic acids is 1. The van der Waals surface area contributed by atoms with Gasteiger partial charge in [-0.25, -0.2) is 9.59 Å². The summed E-state index contributed by atoms with van der Waals surface area (Å²) in [7, 11) is 0. The Morgan fingerprint density at radius 3 is 1.89 bits per heavy atom. The van der Waals surface area contributed by atoms with E-state index in [4.69, 9.17) is 5.11 Å². The van der Waals surface area contributed by atoms with Crippen LogP contribution in [0.1, 0.15) is 60.3 Å². The van der Waals surface area contributed by atoms with Gasteiger partial charge in [0.2, 0.25) is 0 Å². The SMILES string of the molecule is CCC(CC)(CC)NC(=O)N[C@@H](CC(C)C)C(=O)O. The second-order valence-electron chi connectivity index (χ2n) is 5.46. The first kappa shape index (κ1) is 17.7. The van der Waals surface area contributed by atoms with Crippen molar-refractivity contribution in [2.24, 2.45) is 5.92 Å². The minimum atomic E-state index is -0.987. The average Bonchev–Trinajstić information content (AvgIpc) is 2.34. The zero-order chi connectivity index (χ0) is 15.1. The van der Waals surface area contributed by atoms with Crippen molar-refractivity contribution >= 4 is 12.0 Å². The van der Waals surface area contributed by atoms with E-state index in [-0.39, 0.29) is 11.5 Å². The van der Waals surface area contributed by atoms with Gasteiger partial charge < -0.3 is 15.7 Å². The molecule has 19 heavy (non-hydrogen) atoms. The molecule has 0 rings (SSSR count). The van der Waals surface area contributed by atoms with Gasteiger partial charge in [0.05, 0.1) is 0 Å². The molecule has 0 aromatic heterocycles. The topological polar surface area (TPSA) is 78.4 Å². The summed E-state index contributed by atoms with van der Waals surface area (Å²) in [6.07, 6.45) is 2.92. The number of carboxylic acid groups (broad SMARTS) is 1. The van der Waals surface area contributed by atoms with Gasteiger partial charge >= 0.3 is 12.0 Å². The van der Waals surface area contributed by atoms with E-state index in [1.54, 1.807) is 0 Å². The molecule has 0 spiro atoms. The molecule has 0 radical (unpaired) electrons. The van der Waals surface area contributed by atoms with Crippen molar-refractivity contribution in [1.29, 1.82) is 0 Å². The minimum absolute atomic E-state index is 0.217. The molecule has 0 saturated carbocycles. The Morgan fingerprint density at radius 1 is 1.11 bits per heavy atom. The maximum atomic E-state index is 11.9. The fourth-order valence-electron chi connectivity index (χ4n) is 2.14. The fourth-order valence-corrected chi connectivity index (χ4v) is 2.14. The first-order chi connectivity index (χ1) is 8.80. The van der Waals surface area contributed by atoms with Crippen LogP contribution >= 0.6 is 0 Å². The van der Waals surface area contributed by atoms with Crippen molar-refractivity contribution in [1.82, 2.24) is 10.6 Å². The predicted octanol–water partition coefficient (Wildman–Crippen LogP) is 2.75. The van der Waals surface area contributed by atoms with Crippen LogP contribution in [0.4, 0.5) is 4.79 Å². The molecule has 112 valence electrons. The van der Waals surface area contributed by atoms with Crippen LogP contribution in [0, 0.1) is 5.92 Å². The van der Waals surface area contributed by atoms with E-state index in [0.29, 0.717) is 6.42 Å². The molecule has 5 nitrogen and oxygen atoms in total. The van der Waals surface area contributed by atoms with Crippen LogP contribution in [-0.2, 0) is 4.79 Å². The second-order valence-corrected chi connectivity index (χ2v) is 5.46. The summed E-state index contributed by atoms with van der Waals surface area (Å²) < 4.78 is 0. The van der Waals surface area contributed by atoms with E-state index in [2.05, 4.69) is 10.6 Å². The summed E-state index contributed by atoms with van der Waals surface area (Å²) in [5, 5.41) is 14.6. The van der Waals surface area contributed by atoms with Gasteiger partial charge in [-0.3, -0.25) is 0 Å². The molecular weight excluding hydrogens is 244 g/mol. The van der Waals surface area contributed by atoms with Gasteiger partial charge in [-0.2, -0.15) is 0 Å². The highest BCUT2D eigenvalue weighted by Gasteiger charge is 2.28. The lowest BCUT2D eigenvalue weighted by Gasteiger charge is -2.32. The lowest BCUT2D eigenvalue weighted by Crippen LogP contribution is -2.54. The highest BCUT2D eigenvalue weighted by atomic mass is 16.4. The molecule has 0 bridgehead atoms. The van der Waals surface area contributed by atoms with Crippen LogP contribution in [0.15, 0.2) is 0 Å². The van der Waals surface area contributed by atoms with Crippen LogP contribution < -0.4 is 10.6 Å². The number of carbonyl (C=O) groups is 2. The third-order valence-corrected chi connectivity index (χ3v) is 3.72. The lowest BCUT2D eigenvalue weighted by molar-refractivity contribution is -0.139. The summed E-state index contributed by atoms with van der Waals surface area (Å²) in [6, 6.07) is -1.22. The third-order valence-electron chi connectivity index (χ3n) is 3.72. The molecule has 0 aliphatic rings. The van der Waals surface area contributed by atoms with Gasteiger partial charge in [0.15, 0.2) is 0 Å². The monoisotopic (exact) mass is 272 g/mol. The number of urea groups is 1. The molecule has 2 amide bonds. The molecule has 0 saturated heterocycles. The maximum Gasteiger partial charge on any atom is 0.326 e. The number of aliphatic carboxylic acids is 1. The lowest BCUT2D eigenvalue weighted by atomic mass is 9.90. The first-order valence-corrected chi connectivity index (χ1v) is 7.11. The van der Waals surface area contributed by atoms with E-state index >= 15 is 0 Å². The van der Waals surface area contributed by atoms with E-state index in [0.717, 1.165) is 19.3 Å². The van der Waals surface area contributed by atoms with Gasteiger partial charge in [-0.1, -0.05) is 34.6 Å². The Balaban J connectivity index is 4.61. The summed E-state index contributed by atoms with van der Waals surface area (Å²) in [5.41, 5.74) is -0.245. The zero-order valence-electron chi connectivity index (χ0n) is 12.7. The van der Waals surface area contributed by atoms with Crippen molar-refractivity contribution in [2.45, 2.75) is 71.9 Å². The molecule has 5 heteroatoms. The second kappa shape index (κ2) is 8.02. The standard InChI is InChI=1S/C14H28N2O3/c1-6-14(7-2,8-3)16-13(19)15-11(12(17)18)9-10(4)5/h10-11H,6-9H2,1-5H3,(H,17,18)(H2,15,16,19)/t11-/m0/s1. The van der Waals surface area contributed by atoms with E-state index in [1.165, 1.54) is 0 Å². The third kappa shape index (κ3) is 5.94. The molecule has 0 fully saturated rings. The Labute approximate surface area is 116 Å². The van der Waals surface area contributed by atoms with Crippen molar-refractivity contribution in [3.63, 3.8) is 0 Å². The quantitative estimate of drug-likeness (QED) is 0.635. The average molecular weight is 272 g/mol. The van der Waals surface area contributed by atoms with Crippen molar-refractivity contribution in [3.8, 4) is 0 Å². The Bertz CT molecular complexity index is 291. The number of nitrogens with one attached hydrogen (secondary N) is 2. The summed E-state index contributed by atoms with van der Waals surface area (Å²) in [6.45, 7) is 9.94. The number of hydrogen-bond donors (Lipinski definition) is 3. The summed E-state index contributed by atoms with van der Waals surface area (Å²) in [4.78, 5) is 23.0. The largest absolute Gasteiger partial charge is 0.480 e. The molecule has 0 heterocycles. The molecule has 0 aromatic rings.